The molecule has 0 aliphatic heterocycles. The molecule has 0 spiro atoms. The molecule has 1 aliphatic carbocycles. The highest BCUT2D eigenvalue weighted by molar-refractivity contribution is 7.18. The molecule has 0 atom stereocenters. The normalized spacial score (nSPS) is 13.7. The third kappa shape index (κ3) is 3.11. The molecule has 0 unspecified atom stereocenters. The van der Waals surface area contributed by atoms with Crippen LogP contribution in [-0.4, -0.2) is 15.0 Å². The number of rotatable bonds is 4. The predicted octanol–water partition coefficient (Wildman–Crippen LogP) is 2.29. The van der Waals surface area contributed by atoms with Gasteiger partial charge in [-0.1, -0.05) is 29.8 Å². The number of amides is 1. The number of hydrogen-bond acceptors (Lipinski definition) is 4. The highest BCUT2D eigenvalue weighted by atomic mass is 35.5. The highest BCUT2D eigenvalue weighted by Crippen LogP contribution is 2.34. The summed E-state index contributed by atoms with van der Waals surface area (Å²) in [6.45, 7) is -0.200. The summed E-state index contributed by atoms with van der Waals surface area (Å²) in [5.74, 6) is -0.618. The van der Waals surface area contributed by atoms with Crippen LogP contribution in [0.4, 0.5) is 0 Å². The summed E-state index contributed by atoms with van der Waals surface area (Å²) >= 11 is 7.65. The van der Waals surface area contributed by atoms with Gasteiger partial charge in [0.1, 0.15) is 11.4 Å². The van der Waals surface area contributed by atoms with Crippen LogP contribution in [0.3, 0.4) is 0 Å². The van der Waals surface area contributed by atoms with Crippen molar-refractivity contribution in [2.45, 2.75) is 38.8 Å². The van der Waals surface area contributed by atoms with E-state index < -0.39 is 11.6 Å². The van der Waals surface area contributed by atoms with Gasteiger partial charge < -0.3 is 5.73 Å². The summed E-state index contributed by atoms with van der Waals surface area (Å²) in [5.41, 5.74) is 6.19. The summed E-state index contributed by atoms with van der Waals surface area (Å²) in [4.78, 5) is 39.5. The summed E-state index contributed by atoms with van der Waals surface area (Å²) in [6.07, 6.45) is 3.78. The van der Waals surface area contributed by atoms with Crippen LogP contribution in [0.2, 0.25) is 5.02 Å². The van der Waals surface area contributed by atoms with Crippen molar-refractivity contribution in [1.29, 1.82) is 0 Å². The minimum atomic E-state index is -0.618. The monoisotopic (exact) mass is 403 g/mol. The van der Waals surface area contributed by atoms with Gasteiger partial charge in [0.2, 0.25) is 5.91 Å². The summed E-state index contributed by atoms with van der Waals surface area (Å²) in [5, 5.41) is 1.03. The van der Waals surface area contributed by atoms with Crippen molar-refractivity contribution in [3.63, 3.8) is 0 Å². The van der Waals surface area contributed by atoms with E-state index in [0.29, 0.717) is 20.8 Å². The van der Waals surface area contributed by atoms with Crippen molar-refractivity contribution < 1.29 is 4.79 Å². The number of nitrogens with zero attached hydrogens (tertiary/aromatic N) is 2. The Balaban J connectivity index is 2.01. The highest BCUT2D eigenvalue weighted by Gasteiger charge is 2.24. The first-order valence-corrected chi connectivity index (χ1v) is 9.96. The third-order valence-electron chi connectivity index (χ3n) is 4.92. The van der Waals surface area contributed by atoms with Crippen LogP contribution < -0.4 is 17.0 Å². The van der Waals surface area contributed by atoms with E-state index >= 15 is 0 Å². The fourth-order valence-electron chi connectivity index (χ4n) is 3.65. The number of thiophene rings is 1. The SMILES string of the molecule is NC(=O)Cn1c(=O)n(Cc2ccccc2Cl)c(=O)c2c3c(sc21)CCCC3. The molecule has 1 aromatic carbocycles. The summed E-state index contributed by atoms with van der Waals surface area (Å²) < 4.78 is 2.49. The van der Waals surface area contributed by atoms with Crippen LogP contribution >= 0.6 is 22.9 Å². The van der Waals surface area contributed by atoms with E-state index in [-0.39, 0.29) is 18.6 Å². The molecule has 2 heterocycles. The second-order valence-corrected chi connectivity index (χ2v) is 8.20. The van der Waals surface area contributed by atoms with Gasteiger partial charge in [0.15, 0.2) is 0 Å². The fraction of sp³-hybridized carbons (Fsp3) is 0.316. The maximum atomic E-state index is 13.2. The molecular weight excluding hydrogens is 386 g/mol. The first kappa shape index (κ1) is 18.0. The number of benzene rings is 1. The number of fused-ring (bicyclic) bond motifs is 3. The Bertz CT molecular complexity index is 1180. The number of carbonyl (C=O) groups excluding carboxylic acids is 1. The zero-order chi connectivity index (χ0) is 19.1. The lowest BCUT2D eigenvalue weighted by atomic mass is 9.97. The lowest BCUT2D eigenvalue weighted by molar-refractivity contribution is -0.118. The molecule has 0 radical (unpaired) electrons. The van der Waals surface area contributed by atoms with E-state index in [9.17, 15) is 14.4 Å². The zero-order valence-corrected chi connectivity index (χ0v) is 16.1. The molecule has 0 bridgehead atoms. The lowest BCUT2D eigenvalue weighted by Gasteiger charge is -2.13. The average Bonchev–Trinajstić information content (AvgIpc) is 3.03. The second kappa shape index (κ2) is 6.98. The Morgan fingerprint density at radius 3 is 2.63 bits per heavy atom. The lowest BCUT2D eigenvalue weighted by Crippen LogP contribution is -2.42. The first-order chi connectivity index (χ1) is 13.0. The standard InChI is InChI=1S/C19H18ClN3O3S/c20-13-7-3-1-5-11(13)9-22-17(25)16-12-6-2-4-8-14(12)27-18(16)23(19(22)26)10-15(21)24/h1,3,5,7H,2,4,6,8-10H2,(H2,21,24). The maximum absolute atomic E-state index is 13.2. The fourth-order valence-corrected chi connectivity index (χ4v) is 5.22. The van der Waals surface area contributed by atoms with E-state index in [1.54, 1.807) is 24.3 Å². The molecule has 2 aromatic heterocycles. The number of hydrogen-bond donors (Lipinski definition) is 1. The van der Waals surface area contributed by atoms with Gasteiger partial charge in [-0.3, -0.25) is 18.7 Å². The van der Waals surface area contributed by atoms with E-state index in [1.807, 2.05) is 0 Å². The molecule has 0 saturated carbocycles. The minimum Gasteiger partial charge on any atom is -0.368 e. The number of halogens is 1. The van der Waals surface area contributed by atoms with Gasteiger partial charge in [0.25, 0.3) is 5.56 Å². The zero-order valence-electron chi connectivity index (χ0n) is 14.5. The Labute approximate surface area is 163 Å². The van der Waals surface area contributed by atoms with Gasteiger partial charge >= 0.3 is 5.69 Å². The van der Waals surface area contributed by atoms with Crippen molar-refractivity contribution in [2.75, 3.05) is 0 Å². The second-order valence-electron chi connectivity index (χ2n) is 6.71. The van der Waals surface area contributed by atoms with Crippen LogP contribution in [0.15, 0.2) is 33.9 Å². The first-order valence-electron chi connectivity index (χ1n) is 8.77. The van der Waals surface area contributed by atoms with Crippen molar-refractivity contribution >= 4 is 39.1 Å². The largest absolute Gasteiger partial charge is 0.368 e. The van der Waals surface area contributed by atoms with Crippen molar-refractivity contribution in [2.24, 2.45) is 5.73 Å². The Morgan fingerprint density at radius 1 is 1.15 bits per heavy atom. The maximum Gasteiger partial charge on any atom is 0.332 e. The van der Waals surface area contributed by atoms with Crippen molar-refractivity contribution in [1.82, 2.24) is 9.13 Å². The molecule has 8 heteroatoms. The predicted molar refractivity (Wildman–Crippen MR) is 107 cm³/mol. The Hall–Kier alpha value is -2.38. The molecule has 3 aromatic rings. The molecule has 140 valence electrons. The van der Waals surface area contributed by atoms with Crippen LogP contribution in [0.25, 0.3) is 10.2 Å². The number of aryl methyl sites for hydroxylation is 2. The van der Waals surface area contributed by atoms with Gasteiger partial charge in [-0.15, -0.1) is 11.3 Å². The third-order valence-corrected chi connectivity index (χ3v) is 6.60. The number of carbonyl (C=O) groups is 1. The number of primary amides is 1. The smallest absolute Gasteiger partial charge is 0.332 e. The van der Waals surface area contributed by atoms with Crippen LogP contribution in [0.5, 0.6) is 0 Å². The van der Waals surface area contributed by atoms with E-state index in [0.717, 1.165) is 40.7 Å². The Morgan fingerprint density at radius 2 is 1.89 bits per heavy atom. The van der Waals surface area contributed by atoms with E-state index in [4.69, 9.17) is 17.3 Å². The van der Waals surface area contributed by atoms with Crippen LogP contribution in [0.1, 0.15) is 28.8 Å². The van der Waals surface area contributed by atoms with Gasteiger partial charge in [0, 0.05) is 9.90 Å². The van der Waals surface area contributed by atoms with E-state index in [1.165, 1.54) is 15.9 Å². The topological polar surface area (TPSA) is 87.1 Å². The Kier molecular flexibility index (Phi) is 4.65. The van der Waals surface area contributed by atoms with Gasteiger partial charge in [-0.2, -0.15) is 0 Å². The minimum absolute atomic E-state index is 0.0522. The van der Waals surface area contributed by atoms with Gasteiger partial charge in [0.05, 0.1) is 11.9 Å². The molecule has 0 saturated heterocycles. The summed E-state index contributed by atoms with van der Waals surface area (Å²) in [7, 11) is 0. The van der Waals surface area contributed by atoms with E-state index in [2.05, 4.69) is 0 Å². The van der Waals surface area contributed by atoms with Gasteiger partial charge in [-0.05, 0) is 42.9 Å². The molecule has 6 nitrogen and oxygen atoms in total. The quantitative estimate of drug-likeness (QED) is 0.725. The van der Waals surface area contributed by atoms with Crippen molar-refractivity contribution in [3.05, 3.63) is 66.1 Å². The molecule has 0 fully saturated rings. The van der Waals surface area contributed by atoms with Crippen LogP contribution in [0, 0.1) is 0 Å². The summed E-state index contributed by atoms with van der Waals surface area (Å²) in [6, 6.07) is 7.09. The number of nitrogens with two attached hydrogens (primary N) is 1. The molecule has 27 heavy (non-hydrogen) atoms. The van der Waals surface area contributed by atoms with Crippen LogP contribution in [-0.2, 0) is 30.7 Å². The molecular formula is C19H18ClN3O3S. The molecule has 1 amide bonds. The van der Waals surface area contributed by atoms with Crippen molar-refractivity contribution in [3.8, 4) is 0 Å². The molecule has 4 rings (SSSR count). The van der Waals surface area contributed by atoms with Gasteiger partial charge in [-0.25, -0.2) is 4.79 Å². The number of aromatic nitrogens is 2. The average molecular weight is 404 g/mol. The molecule has 1 aliphatic rings. The molecule has 2 N–H and O–H groups in total.